The monoisotopic (exact) mass is 316 g/mol. The van der Waals surface area contributed by atoms with E-state index in [1.165, 1.54) is 0 Å². The molecule has 0 saturated carbocycles. The Kier molecular flexibility index (Phi) is 4.62. The van der Waals surface area contributed by atoms with E-state index >= 15 is 0 Å². The first kappa shape index (κ1) is 16.3. The van der Waals surface area contributed by atoms with Crippen molar-refractivity contribution in [3.63, 3.8) is 0 Å². The molecule has 2 atom stereocenters. The number of aryl methyl sites for hydroxylation is 1. The van der Waals surface area contributed by atoms with Crippen LogP contribution in [0.25, 0.3) is 0 Å². The summed E-state index contributed by atoms with van der Waals surface area (Å²) < 4.78 is 5.79. The Morgan fingerprint density at radius 3 is 2.91 bits per heavy atom. The summed E-state index contributed by atoms with van der Waals surface area (Å²) in [6.45, 7) is 10.7. The van der Waals surface area contributed by atoms with Gasteiger partial charge in [0.15, 0.2) is 0 Å². The van der Waals surface area contributed by atoms with Crippen LogP contribution in [-0.2, 0) is 11.3 Å². The Bertz CT molecular complexity index is 580. The smallest absolute Gasteiger partial charge is 0.223 e. The van der Waals surface area contributed by atoms with Crippen LogP contribution in [0.1, 0.15) is 50.5 Å². The van der Waals surface area contributed by atoms with Crippen LogP contribution in [0.15, 0.2) is 29.2 Å². The van der Waals surface area contributed by atoms with E-state index < -0.39 is 0 Å². The van der Waals surface area contributed by atoms with Gasteiger partial charge in [-0.3, -0.25) is 9.69 Å². The highest BCUT2D eigenvalue weighted by molar-refractivity contribution is 5.80. The highest BCUT2D eigenvalue weighted by atomic mass is 16.3. The molecule has 0 unspecified atom stereocenters. The van der Waals surface area contributed by atoms with Crippen molar-refractivity contribution in [1.29, 1.82) is 0 Å². The lowest BCUT2D eigenvalue weighted by Crippen LogP contribution is -2.62. The van der Waals surface area contributed by atoms with E-state index in [0.29, 0.717) is 24.9 Å². The Labute approximate surface area is 139 Å². The molecule has 1 amide bonds. The van der Waals surface area contributed by atoms with E-state index in [4.69, 9.17) is 4.42 Å². The zero-order valence-corrected chi connectivity index (χ0v) is 14.4. The van der Waals surface area contributed by atoms with E-state index in [1.807, 2.05) is 19.1 Å². The van der Waals surface area contributed by atoms with Crippen LogP contribution < -0.4 is 0 Å². The molecule has 23 heavy (non-hydrogen) atoms. The number of carbonyl (C=O) groups excluding carboxylic acids is 1. The van der Waals surface area contributed by atoms with Gasteiger partial charge in [0.1, 0.15) is 11.5 Å². The summed E-state index contributed by atoms with van der Waals surface area (Å²) in [7, 11) is 0. The molecule has 3 heterocycles. The topological polar surface area (TPSA) is 36.7 Å². The summed E-state index contributed by atoms with van der Waals surface area (Å²) in [5, 5.41) is 0. The third kappa shape index (κ3) is 2.85. The van der Waals surface area contributed by atoms with Gasteiger partial charge in [0.2, 0.25) is 5.91 Å². The molecular weight excluding hydrogens is 288 g/mol. The van der Waals surface area contributed by atoms with Gasteiger partial charge < -0.3 is 9.32 Å². The molecule has 2 fully saturated rings. The van der Waals surface area contributed by atoms with Crippen LogP contribution in [0.4, 0.5) is 0 Å². The summed E-state index contributed by atoms with van der Waals surface area (Å²) in [5.74, 6) is 2.28. The third-order valence-electron chi connectivity index (χ3n) is 5.58. The largest absolute Gasteiger partial charge is 0.465 e. The van der Waals surface area contributed by atoms with Crippen molar-refractivity contribution in [3.8, 4) is 0 Å². The predicted molar refractivity (Wildman–Crippen MR) is 91.0 cm³/mol. The van der Waals surface area contributed by atoms with Gasteiger partial charge in [-0.2, -0.15) is 0 Å². The maximum atomic E-state index is 12.4. The molecule has 0 aliphatic carbocycles. The standard InChI is InChI=1S/C19H28N2O2/c1-4-12-21-18(22)9-11-19(21)10-6-13-20(17(19)5-2)14-16-8-7-15(3)23-16/h4,7-8,17H,1,5-6,9-14H2,2-3H3/t17-,19-/m0/s1. The van der Waals surface area contributed by atoms with E-state index in [2.05, 4.69) is 29.4 Å². The first-order valence-corrected chi connectivity index (χ1v) is 8.81. The maximum Gasteiger partial charge on any atom is 0.223 e. The van der Waals surface area contributed by atoms with E-state index in [9.17, 15) is 4.79 Å². The van der Waals surface area contributed by atoms with Gasteiger partial charge in [-0.25, -0.2) is 0 Å². The average molecular weight is 316 g/mol. The summed E-state index contributed by atoms with van der Waals surface area (Å²) in [5.41, 5.74) is -0.0140. The number of rotatable bonds is 5. The van der Waals surface area contributed by atoms with Crippen molar-refractivity contribution < 1.29 is 9.21 Å². The molecule has 4 nitrogen and oxygen atoms in total. The summed E-state index contributed by atoms with van der Waals surface area (Å²) in [6.07, 6.45) is 6.83. The first-order chi connectivity index (χ1) is 11.1. The lowest BCUT2D eigenvalue weighted by Gasteiger charge is -2.52. The number of furan rings is 1. The third-order valence-corrected chi connectivity index (χ3v) is 5.58. The summed E-state index contributed by atoms with van der Waals surface area (Å²) in [4.78, 5) is 17.0. The quantitative estimate of drug-likeness (QED) is 0.780. The lowest BCUT2D eigenvalue weighted by molar-refractivity contribution is -0.134. The van der Waals surface area contributed by atoms with E-state index in [-0.39, 0.29) is 5.54 Å². The Morgan fingerprint density at radius 2 is 2.26 bits per heavy atom. The number of hydrogen-bond acceptors (Lipinski definition) is 3. The van der Waals surface area contributed by atoms with Crippen LogP contribution in [0.2, 0.25) is 0 Å². The van der Waals surface area contributed by atoms with Gasteiger partial charge >= 0.3 is 0 Å². The summed E-state index contributed by atoms with van der Waals surface area (Å²) in [6, 6.07) is 4.50. The molecule has 0 aromatic carbocycles. The molecule has 1 aromatic rings. The zero-order valence-electron chi connectivity index (χ0n) is 14.4. The molecule has 2 saturated heterocycles. The Balaban J connectivity index is 1.85. The molecule has 0 radical (unpaired) electrons. The van der Waals surface area contributed by atoms with Crippen LogP contribution in [0.3, 0.4) is 0 Å². The number of amides is 1. The average Bonchev–Trinajstić information content (AvgIpc) is 3.07. The van der Waals surface area contributed by atoms with Crippen molar-refractivity contribution >= 4 is 5.91 Å². The van der Waals surface area contributed by atoms with Gasteiger partial charge in [-0.05, 0) is 51.3 Å². The minimum Gasteiger partial charge on any atom is -0.465 e. The van der Waals surface area contributed by atoms with Gasteiger partial charge in [-0.15, -0.1) is 6.58 Å². The first-order valence-electron chi connectivity index (χ1n) is 8.81. The highest BCUT2D eigenvalue weighted by Crippen LogP contribution is 2.43. The van der Waals surface area contributed by atoms with Crippen molar-refractivity contribution in [2.45, 2.75) is 64.1 Å². The molecule has 1 aromatic heterocycles. The molecule has 1 spiro atoms. The normalized spacial score (nSPS) is 28.7. The molecule has 0 bridgehead atoms. The molecule has 126 valence electrons. The van der Waals surface area contributed by atoms with Gasteiger partial charge in [0.25, 0.3) is 0 Å². The molecule has 2 aliphatic rings. The van der Waals surface area contributed by atoms with E-state index in [1.54, 1.807) is 0 Å². The van der Waals surface area contributed by atoms with Crippen LogP contribution in [0, 0.1) is 6.92 Å². The number of nitrogens with zero attached hydrogens (tertiary/aromatic N) is 2. The number of piperidine rings is 1. The second-order valence-electron chi connectivity index (χ2n) is 6.91. The Morgan fingerprint density at radius 1 is 1.43 bits per heavy atom. The van der Waals surface area contributed by atoms with Crippen molar-refractivity contribution in [2.24, 2.45) is 0 Å². The maximum absolute atomic E-state index is 12.4. The number of likely N-dealkylation sites (tertiary alicyclic amines) is 2. The fourth-order valence-corrected chi connectivity index (χ4v) is 4.71. The minimum atomic E-state index is -0.0140. The number of hydrogen-bond donors (Lipinski definition) is 0. The van der Waals surface area contributed by atoms with Gasteiger partial charge in [0, 0.05) is 19.0 Å². The van der Waals surface area contributed by atoms with E-state index in [0.717, 1.165) is 50.3 Å². The van der Waals surface area contributed by atoms with Crippen molar-refractivity contribution in [3.05, 3.63) is 36.3 Å². The second kappa shape index (κ2) is 6.52. The lowest BCUT2D eigenvalue weighted by atomic mass is 9.77. The minimum absolute atomic E-state index is 0.0140. The highest BCUT2D eigenvalue weighted by Gasteiger charge is 2.52. The Hall–Kier alpha value is -1.55. The van der Waals surface area contributed by atoms with Crippen LogP contribution in [-0.4, -0.2) is 40.4 Å². The fourth-order valence-electron chi connectivity index (χ4n) is 4.71. The second-order valence-corrected chi connectivity index (χ2v) is 6.91. The summed E-state index contributed by atoms with van der Waals surface area (Å²) >= 11 is 0. The van der Waals surface area contributed by atoms with Crippen molar-refractivity contribution in [2.75, 3.05) is 13.1 Å². The predicted octanol–water partition coefficient (Wildman–Crippen LogP) is 3.51. The van der Waals surface area contributed by atoms with Gasteiger partial charge in [0.05, 0.1) is 12.1 Å². The van der Waals surface area contributed by atoms with Crippen LogP contribution in [0.5, 0.6) is 0 Å². The molecule has 4 heteroatoms. The number of carbonyl (C=O) groups is 1. The SMILES string of the molecule is C=CCN1C(=O)CC[C@]12CCCN(Cc1ccc(C)o1)[C@H]2CC. The zero-order chi connectivity index (χ0) is 16.4. The van der Waals surface area contributed by atoms with Crippen molar-refractivity contribution in [1.82, 2.24) is 9.80 Å². The fraction of sp³-hybridized carbons (Fsp3) is 0.632. The molecule has 3 rings (SSSR count). The van der Waals surface area contributed by atoms with Gasteiger partial charge in [-0.1, -0.05) is 13.0 Å². The van der Waals surface area contributed by atoms with Crippen LogP contribution >= 0.6 is 0 Å². The molecule has 2 aliphatic heterocycles. The molecular formula is C19H28N2O2. The molecule has 0 N–H and O–H groups in total.